The highest BCUT2D eigenvalue weighted by atomic mass is 19.4. The SMILES string of the molecule is N[C@@H](CCC(F)(F)F)C(=O)OCc1ccccc1. The topological polar surface area (TPSA) is 52.3 Å². The number of hydrogen-bond acceptors (Lipinski definition) is 3. The summed E-state index contributed by atoms with van der Waals surface area (Å²) >= 11 is 0. The zero-order valence-electron chi connectivity index (χ0n) is 9.61. The molecule has 0 saturated carbocycles. The fourth-order valence-electron chi connectivity index (χ4n) is 1.27. The van der Waals surface area contributed by atoms with E-state index < -0.39 is 31.0 Å². The van der Waals surface area contributed by atoms with Gasteiger partial charge in [0.2, 0.25) is 0 Å². The van der Waals surface area contributed by atoms with E-state index in [4.69, 9.17) is 10.5 Å². The Morgan fingerprint density at radius 3 is 2.44 bits per heavy atom. The summed E-state index contributed by atoms with van der Waals surface area (Å²) in [5.41, 5.74) is 6.07. The predicted octanol–water partition coefficient (Wildman–Crippen LogP) is 2.40. The maximum Gasteiger partial charge on any atom is 0.389 e. The van der Waals surface area contributed by atoms with Crippen LogP contribution in [-0.2, 0) is 16.1 Å². The maximum absolute atomic E-state index is 11.9. The number of carbonyl (C=O) groups is 1. The lowest BCUT2D eigenvalue weighted by atomic mass is 10.1. The second-order valence-electron chi connectivity index (χ2n) is 3.85. The average molecular weight is 261 g/mol. The van der Waals surface area contributed by atoms with Crippen molar-refractivity contribution >= 4 is 5.97 Å². The van der Waals surface area contributed by atoms with Gasteiger partial charge in [0.1, 0.15) is 12.6 Å². The Bertz CT molecular complexity index is 379. The van der Waals surface area contributed by atoms with Crippen LogP contribution in [0.25, 0.3) is 0 Å². The van der Waals surface area contributed by atoms with Gasteiger partial charge in [0, 0.05) is 6.42 Å². The highest BCUT2D eigenvalue weighted by Crippen LogP contribution is 2.22. The lowest BCUT2D eigenvalue weighted by Gasteiger charge is -2.12. The van der Waals surface area contributed by atoms with Crippen molar-refractivity contribution < 1.29 is 22.7 Å². The Labute approximate surface area is 103 Å². The summed E-state index contributed by atoms with van der Waals surface area (Å²) in [4.78, 5) is 11.3. The van der Waals surface area contributed by atoms with E-state index >= 15 is 0 Å². The number of rotatable bonds is 5. The maximum atomic E-state index is 11.9. The molecule has 0 amide bonds. The molecular weight excluding hydrogens is 247 g/mol. The zero-order valence-corrected chi connectivity index (χ0v) is 9.61. The Morgan fingerprint density at radius 1 is 1.28 bits per heavy atom. The molecule has 0 radical (unpaired) electrons. The van der Waals surface area contributed by atoms with Crippen LogP contribution in [0.5, 0.6) is 0 Å². The van der Waals surface area contributed by atoms with Crippen LogP contribution in [0, 0.1) is 0 Å². The third-order valence-electron chi connectivity index (χ3n) is 2.27. The van der Waals surface area contributed by atoms with E-state index in [-0.39, 0.29) is 6.61 Å². The van der Waals surface area contributed by atoms with Crippen LogP contribution in [0.3, 0.4) is 0 Å². The molecule has 2 N–H and O–H groups in total. The Hall–Kier alpha value is -1.56. The molecular formula is C12H14F3NO2. The lowest BCUT2D eigenvalue weighted by Crippen LogP contribution is -2.33. The molecule has 0 aliphatic heterocycles. The van der Waals surface area contributed by atoms with Gasteiger partial charge in [-0.3, -0.25) is 4.79 Å². The summed E-state index contributed by atoms with van der Waals surface area (Å²) in [6.07, 6.45) is -5.86. The molecule has 1 aromatic carbocycles. The van der Waals surface area contributed by atoms with Crippen LogP contribution in [0.1, 0.15) is 18.4 Å². The number of carbonyl (C=O) groups excluding carboxylic acids is 1. The molecule has 6 heteroatoms. The van der Waals surface area contributed by atoms with Crippen LogP contribution in [0.2, 0.25) is 0 Å². The highest BCUT2D eigenvalue weighted by molar-refractivity contribution is 5.75. The van der Waals surface area contributed by atoms with Gasteiger partial charge in [-0.1, -0.05) is 30.3 Å². The molecule has 0 unspecified atom stereocenters. The first kappa shape index (κ1) is 14.5. The largest absolute Gasteiger partial charge is 0.460 e. The molecule has 0 spiro atoms. The molecule has 0 saturated heterocycles. The summed E-state index contributed by atoms with van der Waals surface area (Å²) in [5, 5.41) is 0. The molecule has 1 atom stereocenters. The fourth-order valence-corrected chi connectivity index (χ4v) is 1.27. The standard InChI is InChI=1S/C12H14F3NO2/c13-12(14,15)7-6-10(16)11(17)18-8-9-4-2-1-3-5-9/h1-5,10H,6-8,16H2/t10-/m0/s1. The monoisotopic (exact) mass is 261 g/mol. The first-order valence-corrected chi connectivity index (χ1v) is 5.41. The minimum Gasteiger partial charge on any atom is -0.460 e. The van der Waals surface area contributed by atoms with Gasteiger partial charge in [0.25, 0.3) is 0 Å². The minimum atomic E-state index is -4.31. The highest BCUT2D eigenvalue weighted by Gasteiger charge is 2.29. The van der Waals surface area contributed by atoms with Crippen molar-refractivity contribution in [3.63, 3.8) is 0 Å². The molecule has 0 bridgehead atoms. The molecule has 0 aliphatic carbocycles. The van der Waals surface area contributed by atoms with E-state index in [2.05, 4.69) is 0 Å². The smallest absolute Gasteiger partial charge is 0.389 e. The van der Waals surface area contributed by atoms with Gasteiger partial charge in [-0.15, -0.1) is 0 Å². The van der Waals surface area contributed by atoms with Crippen molar-refractivity contribution in [3.05, 3.63) is 35.9 Å². The molecule has 1 aromatic rings. The number of nitrogens with two attached hydrogens (primary N) is 1. The van der Waals surface area contributed by atoms with E-state index in [9.17, 15) is 18.0 Å². The Morgan fingerprint density at radius 2 is 1.89 bits per heavy atom. The second-order valence-corrected chi connectivity index (χ2v) is 3.85. The number of benzene rings is 1. The van der Waals surface area contributed by atoms with Gasteiger partial charge < -0.3 is 10.5 Å². The van der Waals surface area contributed by atoms with Crippen LogP contribution >= 0.6 is 0 Å². The van der Waals surface area contributed by atoms with Gasteiger partial charge >= 0.3 is 12.1 Å². The summed E-state index contributed by atoms with van der Waals surface area (Å²) in [6, 6.07) is 7.60. The Kier molecular flexibility index (Phi) is 5.15. The second kappa shape index (κ2) is 6.39. The van der Waals surface area contributed by atoms with E-state index in [0.29, 0.717) is 0 Å². The van der Waals surface area contributed by atoms with Crippen molar-refractivity contribution in [1.82, 2.24) is 0 Å². The summed E-state index contributed by atoms with van der Waals surface area (Å²) in [6.45, 7) is 0.0133. The number of alkyl halides is 3. The number of halogens is 3. The van der Waals surface area contributed by atoms with Gasteiger partial charge in [-0.2, -0.15) is 13.2 Å². The van der Waals surface area contributed by atoms with Crippen molar-refractivity contribution in [1.29, 1.82) is 0 Å². The quantitative estimate of drug-likeness (QED) is 0.828. The number of ether oxygens (including phenoxy) is 1. The van der Waals surface area contributed by atoms with Gasteiger partial charge in [-0.25, -0.2) is 0 Å². The van der Waals surface area contributed by atoms with Gasteiger partial charge in [0.05, 0.1) is 0 Å². The first-order valence-electron chi connectivity index (χ1n) is 5.41. The summed E-state index contributed by atoms with van der Waals surface area (Å²) < 4.78 is 40.6. The third kappa shape index (κ3) is 5.67. The Balaban J connectivity index is 2.32. The molecule has 0 heterocycles. The first-order chi connectivity index (χ1) is 8.38. The van der Waals surface area contributed by atoms with Gasteiger partial charge in [0.15, 0.2) is 0 Å². The van der Waals surface area contributed by atoms with Crippen LogP contribution in [-0.4, -0.2) is 18.2 Å². The molecule has 3 nitrogen and oxygen atoms in total. The minimum absolute atomic E-state index is 0.0133. The fraction of sp³-hybridized carbons (Fsp3) is 0.417. The molecule has 100 valence electrons. The van der Waals surface area contributed by atoms with Crippen molar-refractivity contribution in [2.45, 2.75) is 31.7 Å². The van der Waals surface area contributed by atoms with Crippen LogP contribution in [0.4, 0.5) is 13.2 Å². The van der Waals surface area contributed by atoms with E-state index in [1.54, 1.807) is 30.3 Å². The average Bonchev–Trinajstić information content (AvgIpc) is 2.33. The normalized spacial score (nSPS) is 13.1. The molecule has 0 aromatic heterocycles. The summed E-state index contributed by atoms with van der Waals surface area (Å²) in [7, 11) is 0. The van der Waals surface area contributed by atoms with Crippen molar-refractivity contribution in [2.24, 2.45) is 5.73 Å². The number of esters is 1. The van der Waals surface area contributed by atoms with Gasteiger partial charge in [-0.05, 0) is 12.0 Å². The van der Waals surface area contributed by atoms with Crippen molar-refractivity contribution in [3.8, 4) is 0 Å². The van der Waals surface area contributed by atoms with Crippen LogP contribution in [0.15, 0.2) is 30.3 Å². The van der Waals surface area contributed by atoms with E-state index in [1.807, 2.05) is 0 Å². The lowest BCUT2D eigenvalue weighted by molar-refractivity contribution is -0.150. The molecule has 18 heavy (non-hydrogen) atoms. The molecule has 1 rings (SSSR count). The van der Waals surface area contributed by atoms with E-state index in [1.165, 1.54) is 0 Å². The number of hydrogen-bond donors (Lipinski definition) is 1. The van der Waals surface area contributed by atoms with Crippen LogP contribution < -0.4 is 5.73 Å². The van der Waals surface area contributed by atoms with Crippen molar-refractivity contribution in [2.75, 3.05) is 0 Å². The predicted molar refractivity (Wildman–Crippen MR) is 59.5 cm³/mol. The summed E-state index contributed by atoms with van der Waals surface area (Å²) in [5.74, 6) is -0.817. The third-order valence-corrected chi connectivity index (χ3v) is 2.27. The molecule has 0 fully saturated rings. The molecule has 0 aliphatic rings. The van der Waals surface area contributed by atoms with E-state index in [0.717, 1.165) is 5.56 Å². The zero-order chi connectivity index (χ0) is 13.6.